The van der Waals surface area contributed by atoms with Gasteiger partial charge in [-0.2, -0.15) is 4.31 Å². The standard InChI is InChI=1S/C23H27N3O2S/c1-24(2)29(25(3)4)26(5)20-11-6-18(7-12-20)22-16-19(10-15-23(22)28)17-8-13-21(27)14-9-17/h6-16H,1-5H3,(H-,27,28)/p+1. The van der Waals surface area contributed by atoms with Crippen molar-refractivity contribution >= 4 is 17.1 Å². The van der Waals surface area contributed by atoms with Crippen LogP contribution in [0.2, 0.25) is 0 Å². The summed E-state index contributed by atoms with van der Waals surface area (Å²) < 4.78 is 6.60. The maximum absolute atomic E-state index is 10.4. The lowest BCUT2D eigenvalue weighted by Gasteiger charge is -2.25. The van der Waals surface area contributed by atoms with E-state index in [0.717, 1.165) is 27.9 Å². The third kappa shape index (κ3) is 4.67. The molecule has 2 N–H and O–H groups in total. The molecule has 0 heterocycles. The highest BCUT2D eigenvalue weighted by Gasteiger charge is 2.33. The number of hydrogen-bond donors (Lipinski definition) is 2. The number of nitrogens with zero attached hydrogens (tertiary/aromatic N) is 3. The van der Waals surface area contributed by atoms with E-state index in [9.17, 15) is 10.2 Å². The lowest BCUT2D eigenvalue weighted by Crippen LogP contribution is -2.46. The van der Waals surface area contributed by atoms with Crippen LogP contribution in [0.5, 0.6) is 11.5 Å². The van der Waals surface area contributed by atoms with Crippen LogP contribution in [0, 0.1) is 0 Å². The molecular formula is C23H28N3O2S+. The van der Waals surface area contributed by atoms with Gasteiger partial charge in [-0.1, -0.05) is 38.9 Å². The van der Waals surface area contributed by atoms with Gasteiger partial charge >= 0.3 is 0 Å². The van der Waals surface area contributed by atoms with Crippen molar-refractivity contribution in [3.05, 3.63) is 66.7 Å². The Morgan fingerprint density at radius 2 is 1.14 bits per heavy atom. The second-order valence-corrected chi connectivity index (χ2v) is 9.69. The Bertz CT molecular complexity index is 949. The molecule has 0 aliphatic heterocycles. The molecular weight excluding hydrogens is 382 g/mol. The first-order chi connectivity index (χ1) is 13.8. The molecule has 0 aliphatic rings. The minimum Gasteiger partial charge on any atom is -0.508 e. The molecule has 0 bridgehead atoms. The van der Waals surface area contributed by atoms with Gasteiger partial charge in [-0.05, 0) is 53.1 Å². The van der Waals surface area contributed by atoms with Crippen molar-refractivity contribution in [1.82, 2.24) is 8.61 Å². The zero-order valence-electron chi connectivity index (χ0n) is 17.5. The molecule has 0 fully saturated rings. The van der Waals surface area contributed by atoms with Crippen molar-refractivity contribution in [3.8, 4) is 33.8 Å². The number of anilines is 1. The Balaban J connectivity index is 1.91. The molecule has 0 aliphatic carbocycles. The third-order valence-electron chi connectivity index (χ3n) is 4.64. The topological polar surface area (TPSA) is 50.2 Å². The molecule has 0 saturated heterocycles. The fraction of sp³-hybridized carbons (Fsp3) is 0.217. The van der Waals surface area contributed by atoms with Crippen LogP contribution in [0.15, 0.2) is 66.7 Å². The average molecular weight is 411 g/mol. The molecule has 29 heavy (non-hydrogen) atoms. The van der Waals surface area contributed by atoms with Gasteiger partial charge in [0.25, 0.3) is 11.5 Å². The van der Waals surface area contributed by atoms with Crippen LogP contribution >= 0.6 is 0 Å². The van der Waals surface area contributed by atoms with E-state index >= 15 is 0 Å². The largest absolute Gasteiger partial charge is 0.508 e. The highest BCUT2D eigenvalue weighted by atomic mass is 32.2. The summed E-state index contributed by atoms with van der Waals surface area (Å²) in [5.41, 5.74) is 4.81. The van der Waals surface area contributed by atoms with E-state index in [4.69, 9.17) is 0 Å². The van der Waals surface area contributed by atoms with Gasteiger partial charge in [0.15, 0.2) is 0 Å². The maximum atomic E-state index is 10.4. The van der Waals surface area contributed by atoms with E-state index in [2.05, 4.69) is 60.3 Å². The van der Waals surface area contributed by atoms with E-state index in [1.807, 2.05) is 36.4 Å². The minimum atomic E-state index is -0.180. The van der Waals surface area contributed by atoms with Crippen molar-refractivity contribution in [1.29, 1.82) is 0 Å². The summed E-state index contributed by atoms with van der Waals surface area (Å²) in [6.45, 7) is 0. The van der Waals surface area contributed by atoms with E-state index in [0.29, 0.717) is 0 Å². The summed E-state index contributed by atoms with van der Waals surface area (Å²) >= 11 is -0.180. The molecule has 0 amide bonds. The van der Waals surface area contributed by atoms with E-state index < -0.39 is 0 Å². The van der Waals surface area contributed by atoms with Crippen LogP contribution in [-0.2, 0) is 11.5 Å². The molecule has 3 aromatic carbocycles. The summed E-state index contributed by atoms with van der Waals surface area (Å²) in [6, 6.07) is 20.9. The van der Waals surface area contributed by atoms with Crippen LogP contribution in [0.25, 0.3) is 22.3 Å². The summed E-state index contributed by atoms with van der Waals surface area (Å²) in [6.07, 6.45) is 0. The number of benzene rings is 3. The molecule has 3 aromatic rings. The predicted molar refractivity (Wildman–Crippen MR) is 124 cm³/mol. The zero-order valence-corrected chi connectivity index (χ0v) is 18.3. The third-order valence-corrected chi connectivity index (χ3v) is 6.64. The van der Waals surface area contributed by atoms with Crippen molar-refractivity contribution in [2.45, 2.75) is 0 Å². The van der Waals surface area contributed by atoms with Gasteiger partial charge in [0.05, 0.1) is 12.7 Å². The number of hydrogen-bond acceptors (Lipinski definition) is 5. The van der Waals surface area contributed by atoms with Crippen LogP contribution in [0.3, 0.4) is 0 Å². The van der Waals surface area contributed by atoms with Gasteiger partial charge in [-0.15, -0.1) is 0 Å². The summed E-state index contributed by atoms with van der Waals surface area (Å²) in [4.78, 5) is 0. The quantitative estimate of drug-likeness (QED) is 0.592. The molecule has 0 spiro atoms. The zero-order chi connectivity index (χ0) is 21.1. The fourth-order valence-electron chi connectivity index (χ4n) is 3.36. The number of rotatable bonds is 6. The molecule has 0 unspecified atom stereocenters. The lowest BCUT2D eigenvalue weighted by atomic mass is 9.98. The Morgan fingerprint density at radius 1 is 0.621 bits per heavy atom. The van der Waals surface area contributed by atoms with E-state index in [1.165, 1.54) is 0 Å². The Hall–Kier alpha value is -2.67. The highest BCUT2D eigenvalue weighted by Crippen LogP contribution is 2.35. The predicted octanol–water partition coefficient (Wildman–Crippen LogP) is 4.35. The Kier molecular flexibility index (Phi) is 6.37. The fourth-order valence-corrected chi connectivity index (χ4v) is 5.31. The SMILES string of the molecule is CN(C)[S+](N(C)C)N(C)c1ccc(-c2cc(-c3ccc(O)cc3)ccc2O)cc1. The molecule has 3 rings (SSSR count). The molecule has 0 aromatic heterocycles. The Morgan fingerprint density at radius 3 is 1.69 bits per heavy atom. The normalized spacial score (nSPS) is 11.4. The van der Waals surface area contributed by atoms with Crippen molar-refractivity contribution < 1.29 is 10.2 Å². The van der Waals surface area contributed by atoms with Gasteiger partial charge in [-0.3, -0.25) is 0 Å². The number of phenols is 2. The Labute approximate surface area is 176 Å². The van der Waals surface area contributed by atoms with Gasteiger partial charge in [0.1, 0.15) is 11.5 Å². The van der Waals surface area contributed by atoms with Crippen LogP contribution in [0.1, 0.15) is 0 Å². The van der Waals surface area contributed by atoms with Gasteiger partial charge in [-0.25, -0.2) is 0 Å². The number of aromatic hydroxyl groups is 2. The molecule has 6 heteroatoms. The smallest absolute Gasteiger partial charge is 0.294 e. The summed E-state index contributed by atoms with van der Waals surface area (Å²) in [5, 5.41) is 19.9. The maximum Gasteiger partial charge on any atom is 0.294 e. The van der Waals surface area contributed by atoms with E-state index in [1.54, 1.807) is 18.2 Å². The average Bonchev–Trinajstić information content (AvgIpc) is 2.68. The monoisotopic (exact) mass is 410 g/mol. The van der Waals surface area contributed by atoms with Crippen molar-refractivity contribution in [3.63, 3.8) is 0 Å². The van der Waals surface area contributed by atoms with E-state index in [-0.39, 0.29) is 23.0 Å². The first kappa shape index (κ1) is 21.0. The summed E-state index contributed by atoms with van der Waals surface area (Å²) in [5.74, 6) is 0.483. The molecule has 5 nitrogen and oxygen atoms in total. The molecule has 0 saturated carbocycles. The van der Waals surface area contributed by atoms with Crippen molar-refractivity contribution in [2.75, 3.05) is 39.5 Å². The van der Waals surface area contributed by atoms with Crippen LogP contribution in [-0.4, -0.2) is 54.1 Å². The summed E-state index contributed by atoms with van der Waals surface area (Å²) in [7, 11) is 10.4. The van der Waals surface area contributed by atoms with Gasteiger partial charge in [0.2, 0.25) is 0 Å². The molecule has 0 atom stereocenters. The first-order valence-corrected chi connectivity index (χ1v) is 10.4. The lowest BCUT2D eigenvalue weighted by molar-refractivity contribution is 0.475. The highest BCUT2D eigenvalue weighted by molar-refractivity contribution is 7.93. The van der Waals surface area contributed by atoms with Gasteiger partial charge < -0.3 is 10.2 Å². The first-order valence-electron chi connectivity index (χ1n) is 9.34. The van der Waals surface area contributed by atoms with Crippen LogP contribution < -0.4 is 4.31 Å². The number of phenolic OH excluding ortho intramolecular Hbond substituents is 2. The molecule has 152 valence electrons. The van der Waals surface area contributed by atoms with Crippen LogP contribution in [0.4, 0.5) is 5.69 Å². The minimum absolute atomic E-state index is 0.180. The second-order valence-electron chi connectivity index (χ2n) is 7.19. The second kappa shape index (κ2) is 8.78. The van der Waals surface area contributed by atoms with Crippen molar-refractivity contribution in [2.24, 2.45) is 0 Å². The molecule has 0 radical (unpaired) electrons. The van der Waals surface area contributed by atoms with Gasteiger partial charge in [0, 0.05) is 33.8 Å².